The van der Waals surface area contributed by atoms with Crippen LogP contribution in [0.4, 0.5) is 5.69 Å². The second-order valence-corrected chi connectivity index (χ2v) is 7.15. The molecule has 0 spiro atoms. The molecule has 5 heteroatoms. The summed E-state index contributed by atoms with van der Waals surface area (Å²) in [7, 11) is 0. The van der Waals surface area contributed by atoms with Crippen LogP contribution >= 0.6 is 11.6 Å². The second kappa shape index (κ2) is 8.34. The molecule has 3 rings (SSSR count). The number of benzene rings is 1. The zero-order valence-corrected chi connectivity index (χ0v) is 15.3. The van der Waals surface area contributed by atoms with Crippen LogP contribution in [-0.4, -0.2) is 35.4 Å². The van der Waals surface area contributed by atoms with E-state index >= 15 is 0 Å². The van der Waals surface area contributed by atoms with Crippen molar-refractivity contribution in [1.82, 2.24) is 9.88 Å². The lowest BCUT2D eigenvalue weighted by molar-refractivity contribution is 0.0691. The number of piperidine rings is 1. The summed E-state index contributed by atoms with van der Waals surface area (Å²) in [5.41, 5.74) is 2.63. The number of anilines is 1. The normalized spacial score (nSPS) is 15.2. The van der Waals surface area contributed by atoms with Gasteiger partial charge in [0.2, 0.25) is 0 Å². The SMILES string of the molecule is CC1CCN(C(=O)c2cc(NCCc3cccc(Cl)c3)ccn2)CC1. The highest BCUT2D eigenvalue weighted by atomic mass is 35.5. The molecule has 1 aromatic heterocycles. The third-order valence-electron chi connectivity index (χ3n) is 4.68. The lowest BCUT2D eigenvalue weighted by atomic mass is 9.99. The Morgan fingerprint density at radius 3 is 2.84 bits per heavy atom. The standard InChI is InChI=1S/C20H24ClN3O/c1-15-7-11-24(12-8-15)20(25)19-14-18(6-10-23-19)22-9-5-16-3-2-4-17(21)13-16/h2-4,6,10,13-15H,5,7-9,11-12H2,1H3,(H,22,23). The highest BCUT2D eigenvalue weighted by Crippen LogP contribution is 2.19. The molecule has 0 radical (unpaired) electrons. The highest BCUT2D eigenvalue weighted by Gasteiger charge is 2.22. The summed E-state index contributed by atoms with van der Waals surface area (Å²) in [5, 5.41) is 4.12. The van der Waals surface area contributed by atoms with Crippen molar-refractivity contribution in [2.75, 3.05) is 25.0 Å². The van der Waals surface area contributed by atoms with E-state index < -0.39 is 0 Å². The Morgan fingerprint density at radius 2 is 2.08 bits per heavy atom. The number of nitrogens with zero attached hydrogens (tertiary/aromatic N) is 2. The van der Waals surface area contributed by atoms with Gasteiger partial charge in [-0.2, -0.15) is 0 Å². The van der Waals surface area contributed by atoms with E-state index in [4.69, 9.17) is 11.6 Å². The maximum Gasteiger partial charge on any atom is 0.272 e. The molecule has 4 nitrogen and oxygen atoms in total. The quantitative estimate of drug-likeness (QED) is 0.869. The number of amides is 1. The molecule has 0 bridgehead atoms. The molecule has 1 aliphatic rings. The van der Waals surface area contributed by atoms with E-state index in [1.54, 1.807) is 6.20 Å². The van der Waals surface area contributed by atoms with Crippen LogP contribution in [-0.2, 0) is 6.42 Å². The first kappa shape index (κ1) is 17.7. The minimum Gasteiger partial charge on any atom is -0.385 e. The van der Waals surface area contributed by atoms with Crippen LogP contribution in [0.15, 0.2) is 42.6 Å². The summed E-state index contributed by atoms with van der Waals surface area (Å²) in [6.45, 7) is 4.67. The lowest BCUT2D eigenvalue weighted by Gasteiger charge is -2.30. The maximum atomic E-state index is 12.6. The van der Waals surface area contributed by atoms with E-state index in [1.165, 1.54) is 5.56 Å². The molecule has 1 N–H and O–H groups in total. The van der Waals surface area contributed by atoms with Gasteiger partial charge in [-0.05, 0) is 55.0 Å². The smallest absolute Gasteiger partial charge is 0.272 e. The van der Waals surface area contributed by atoms with Gasteiger partial charge < -0.3 is 10.2 Å². The third-order valence-corrected chi connectivity index (χ3v) is 4.92. The Morgan fingerprint density at radius 1 is 1.28 bits per heavy atom. The second-order valence-electron chi connectivity index (χ2n) is 6.71. The van der Waals surface area contributed by atoms with Crippen molar-refractivity contribution in [2.24, 2.45) is 5.92 Å². The van der Waals surface area contributed by atoms with E-state index in [2.05, 4.69) is 23.3 Å². The number of nitrogens with one attached hydrogen (secondary N) is 1. The first-order chi connectivity index (χ1) is 12.1. The van der Waals surface area contributed by atoms with Crippen LogP contribution in [0.3, 0.4) is 0 Å². The molecule has 1 amide bonds. The highest BCUT2D eigenvalue weighted by molar-refractivity contribution is 6.30. The van der Waals surface area contributed by atoms with Gasteiger partial charge in [-0.3, -0.25) is 9.78 Å². The maximum absolute atomic E-state index is 12.6. The van der Waals surface area contributed by atoms with E-state index in [-0.39, 0.29) is 5.91 Å². The van der Waals surface area contributed by atoms with Crippen molar-refractivity contribution in [3.05, 3.63) is 58.9 Å². The molecule has 0 atom stereocenters. The molecule has 0 unspecified atom stereocenters. The summed E-state index contributed by atoms with van der Waals surface area (Å²) in [6.07, 6.45) is 4.71. The molecular weight excluding hydrogens is 334 g/mol. The van der Waals surface area contributed by atoms with Gasteiger partial charge >= 0.3 is 0 Å². The van der Waals surface area contributed by atoms with Crippen LogP contribution in [0.2, 0.25) is 5.02 Å². The Bertz CT molecular complexity index is 726. The van der Waals surface area contributed by atoms with Gasteiger partial charge in [0.25, 0.3) is 5.91 Å². The van der Waals surface area contributed by atoms with Gasteiger partial charge in [-0.25, -0.2) is 0 Å². The van der Waals surface area contributed by atoms with Crippen molar-refractivity contribution in [3.63, 3.8) is 0 Å². The molecule has 25 heavy (non-hydrogen) atoms. The Hall–Kier alpha value is -2.07. The van der Waals surface area contributed by atoms with E-state index in [0.29, 0.717) is 11.6 Å². The first-order valence-electron chi connectivity index (χ1n) is 8.85. The average Bonchev–Trinajstić information content (AvgIpc) is 2.62. The van der Waals surface area contributed by atoms with Gasteiger partial charge in [0.1, 0.15) is 5.69 Å². The molecule has 2 heterocycles. The number of rotatable bonds is 5. The summed E-state index contributed by atoms with van der Waals surface area (Å²) >= 11 is 6.01. The van der Waals surface area contributed by atoms with Crippen molar-refractivity contribution in [1.29, 1.82) is 0 Å². The molecule has 1 aromatic carbocycles. The Balaban J connectivity index is 1.56. The number of hydrogen-bond donors (Lipinski definition) is 1. The molecule has 1 saturated heterocycles. The summed E-state index contributed by atoms with van der Waals surface area (Å²) in [5.74, 6) is 0.738. The monoisotopic (exact) mass is 357 g/mol. The van der Waals surface area contributed by atoms with Gasteiger partial charge in [0, 0.05) is 36.5 Å². The number of hydrogen-bond acceptors (Lipinski definition) is 3. The summed E-state index contributed by atoms with van der Waals surface area (Å²) in [6, 6.07) is 11.6. The van der Waals surface area contributed by atoms with Gasteiger partial charge in [0.05, 0.1) is 0 Å². The van der Waals surface area contributed by atoms with Gasteiger partial charge in [-0.1, -0.05) is 30.7 Å². The zero-order valence-electron chi connectivity index (χ0n) is 14.5. The van der Waals surface area contributed by atoms with Gasteiger partial charge in [-0.15, -0.1) is 0 Å². The largest absolute Gasteiger partial charge is 0.385 e. The molecule has 1 fully saturated rings. The van der Waals surface area contributed by atoms with Crippen molar-refractivity contribution < 1.29 is 4.79 Å². The molecule has 1 aliphatic heterocycles. The topological polar surface area (TPSA) is 45.2 Å². The fourth-order valence-corrected chi connectivity index (χ4v) is 3.29. The molecule has 0 saturated carbocycles. The van der Waals surface area contributed by atoms with Crippen LogP contribution in [0, 0.1) is 5.92 Å². The number of likely N-dealkylation sites (tertiary alicyclic amines) is 1. The third kappa shape index (κ3) is 4.95. The lowest BCUT2D eigenvalue weighted by Crippen LogP contribution is -2.38. The minimum absolute atomic E-state index is 0.0328. The van der Waals surface area contributed by atoms with E-state index in [1.807, 2.05) is 35.2 Å². The van der Waals surface area contributed by atoms with E-state index in [9.17, 15) is 4.79 Å². The first-order valence-corrected chi connectivity index (χ1v) is 9.23. The summed E-state index contributed by atoms with van der Waals surface area (Å²) in [4.78, 5) is 18.8. The fraction of sp³-hybridized carbons (Fsp3) is 0.400. The average molecular weight is 358 g/mol. The number of carbonyl (C=O) groups excluding carboxylic acids is 1. The molecule has 0 aliphatic carbocycles. The molecule has 132 valence electrons. The molecule has 2 aromatic rings. The number of aromatic nitrogens is 1. The fourth-order valence-electron chi connectivity index (χ4n) is 3.07. The number of carbonyl (C=O) groups is 1. The van der Waals surface area contributed by atoms with Crippen molar-refractivity contribution in [2.45, 2.75) is 26.2 Å². The van der Waals surface area contributed by atoms with Gasteiger partial charge in [0.15, 0.2) is 0 Å². The number of pyridine rings is 1. The molecular formula is C20H24ClN3O. The minimum atomic E-state index is 0.0328. The van der Waals surface area contributed by atoms with Crippen LogP contribution in [0.1, 0.15) is 35.8 Å². The van der Waals surface area contributed by atoms with Crippen molar-refractivity contribution >= 4 is 23.2 Å². The zero-order chi connectivity index (χ0) is 17.6. The summed E-state index contributed by atoms with van der Waals surface area (Å²) < 4.78 is 0. The van der Waals surface area contributed by atoms with Crippen LogP contribution in [0.5, 0.6) is 0 Å². The predicted molar refractivity (Wildman–Crippen MR) is 102 cm³/mol. The van der Waals surface area contributed by atoms with Crippen LogP contribution < -0.4 is 5.32 Å². The van der Waals surface area contributed by atoms with Crippen molar-refractivity contribution in [3.8, 4) is 0 Å². The van der Waals surface area contributed by atoms with E-state index in [0.717, 1.165) is 49.6 Å². The Kier molecular flexibility index (Phi) is 5.92. The predicted octanol–water partition coefficient (Wildman–Crippen LogP) is 4.26. The number of halogens is 1. The Labute approximate surface area is 154 Å². The van der Waals surface area contributed by atoms with Crippen LogP contribution in [0.25, 0.3) is 0 Å².